The molecule has 3 rings (SSSR count). The second kappa shape index (κ2) is 3.44. The number of hydrogen-bond donors (Lipinski definition) is 1. The van der Waals surface area contributed by atoms with E-state index in [-0.39, 0.29) is 14.5 Å². The fourth-order valence-corrected chi connectivity index (χ4v) is 4.24. The van der Waals surface area contributed by atoms with Gasteiger partial charge in [0.15, 0.2) is 0 Å². The molecule has 0 spiro atoms. The lowest BCUT2D eigenvalue weighted by Gasteiger charge is -2.27. The molecule has 2 aliphatic rings. The minimum absolute atomic E-state index is 0.0329. The minimum Gasteiger partial charge on any atom is -0.508 e. The summed E-state index contributed by atoms with van der Waals surface area (Å²) in [7, 11) is 0.0329. The van der Waals surface area contributed by atoms with Crippen molar-refractivity contribution in [3.63, 3.8) is 0 Å². The first-order valence-electron chi connectivity index (χ1n) is 5.63. The molecule has 1 aromatic heterocycles. The summed E-state index contributed by atoms with van der Waals surface area (Å²) in [5.41, 5.74) is 4.36. The molecular formula is C14H13ClOSi. The molecule has 1 heterocycles. The molecule has 0 saturated carbocycles. The van der Waals surface area contributed by atoms with Crippen molar-refractivity contribution in [1.82, 2.24) is 0 Å². The van der Waals surface area contributed by atoms with Crippen molar-refractivity contribution in [1.29, 1.82) is 0 Å². The number of fused-ring (bicyclic) bond motifs is 2. The number of aromatic hydroxyl groups is 1. The van der Waals surface area contributed by atoms with Crippen molar-refractivity contribution in [2.24, 2.45) is 5.41 Å². The molecule has 17 heavy (non-hydrogen) atoms. The quantitative estimate of drug-likeness (QED) is 0.701. The van der Waals surface area contributed by atoms with Crippen LogP contribution in [0.2, 0.25) is 0 Å². The highest BCUT2D eigenvalue weighted by atomic mass is 35.5. The molecule has 0 saturated heterocycles. The molecule has 0 radical (unpaired) electrons. The first kappa shape index (κ1) is 11.0. The lowest BCUT2D eigenvalue weighted by Crippen LogP contribution is -2.30. The molecule has 2 aliphatic carbocycles. The van der Waals surface area contributed by atoms with Crippen LogP contribution in [-0.4, -0.2) is 14.2 Å². The Hall–Kier alpha value is -1.12. The summed E-state index contributed by atoms with van der Waals surface area (Å²) in [6, 6.07) is 1.88. The van der Waals surface area contributed by atoms with Gasteiger partial charge in [-0.1, -0.05) is 37.6 Å². The lowest BCUT2D eigenvalue weighted by molar-refractivity contribution is 0.476. The SMILES string of the molecule is CC1(C)C=C(Cl)C=C2C=c3[siH]cc(O)cc3=C21. The van der Waals surface area contributed by atoms with E-state index < -0.39 is 0 Å². The van der Waals surface area contributed by atoms with Crippen LogP contribution < -0.4 is 10.0 Å². The summed E-state index contributed by atoms with van der Waals surface area (Å²) in [6.45, 7) is 4.33. The van der Waals surface area contributed by atoms with Gasteiger partial charge in [-0.2, -0.15) is 0 Å². The van der Waals surface area contributed by atoms with Gasteiger partial charge in [-0.05, 0) is 39.0 Å². The summed E-state index contributed by atoms with van der Waals surface area (Å²) in [6.07, 6.45) is 6.32. The minimum atomic E-state index is -0.0672. The molecule has 1 aromatic rings. The smallest absolute Gasteiger partial charge is 0.111 e. The normalized spacial score (nSPS) is 20.1. The van der Waals surface area contributed by atoms with E-state index in [9.17, 15) is 5.11 Å². The average molecular weight is 261 g/mol. The number of halogens is 1. The third-order valence-electron chi connectivity index (χ3n) is 3.34. The maximum Gasteiger partial charge on any atom is 0.111 e. The second-order valence-electron chi connectivity index (χ2n) is 5.14. The zero-order valence-electron chi connectivity index (χ0n) is 9.79. The van der Waals surface area contributed by atoms with Crippen LogP contribution in [0.5, 0.6) is 5.75 Å². The first-order chi connectivity index (χ1) is 7.97. The van der Waals surface area contributed by atoms with E-state index in [2.05, 4.69) is 26.0 Å². The largest absolute Gasteiger partial charge is 0.508 e. The maximum absolute atomic E-state index is 9.67. The Labute approximate surface area is 107 Å². The van der Waals surface area contributed by atoms with Crippen LogP contribution in [0, 0.1) is 5.41 Å². The summed E-state index contributed by atoms with van der Waals surface area (Å²) >= 11 is 6.16. The van der Waals surface area contributed by atoms with E-state index in [0.717, 1.165) is 5.03 Å². The maximum atomic E-state index is 9.67. The van der Waals surface area contributed by atoms with Gasteiger partial charge in [-0.15, -0.1) is 0 Å². The molecule has 0 atom stereocenters. The van der Waals surface area contributed by atoms with E-state index in [1.807, 2.05) is 17.8 Å². The Morgan fingerprint density at radius 1 is 1.29 bits per heavy atom. The summed E-state index contributed by atoms with van der Waals surface area (Å²) in [5.74, 6) is 0.400. The summed E-state index contributed by atoms with van der Waals surface area (Å²) < 4.78 is 0. The highest BCUT2D eigenvalue weighted by molar-refractivity contribution is 6.32. The van der Waals surface area contributed by atoms with Crippen LogP contribution >= 0.6 is 11.6 Å². The van der Waals surface area contributed by atoms with Gasteiger partial charge in [0.2, 0.25) is 0 Å². The van der Waals surface area contributed by atoms with Crippen LogP contribution in [0.4, 0.5) is 0 Å². The van der Waals surface area contributed by atoms with Gasteiger partial charge in [0.05, 0.1) is 0 Å². The zero-order chi connectivity index (χ0) is 12.2. The van der Waals surface area contributed by atoms with Gasteiger partial charge in [0.25, 0.3) is 0 Å². The molecule has 86 valence electrons. The van der Waals surface area contributed by atoms with Crippen LogP contribution in [0.25, 0.3) is 11.6 Å². The molecule has 0 aromatic carbocycles. The van der Waals surface area contributed by atoms with Gasteiger partial charge in [-0.25, -0.2) is 0 Å². The third-order valence-corrected chi connectivity index (χ3v) is 4.91. The van der Waals surface area contributed by atoms with Gasteiger partial charge < -0.3 is 5.11 Å². The highest BCUT2D eigenvalue weighted by Gasteiger charge is 2.29. The van der Waals surface area contributed by atoms with Gasteiger partial charge in [0.1, 0.15) is 5.75 Å². The summed E-state index contributed by atoms with van der Waals surface area (Å²) in [5, 5.41) is 11.7. The standard InChI is InChI=1S/C14H13ClOSi/c1-14(2)6-9(15)3-8-4-12-11(13(8)14)5-10(16)7-17-12/h3-7,16-17H,1-2H3. The Morgan fingerprint density at radius 2 is 2.06 bits per heavy atom. The first-order valence-corrected chi connectivity index (χ1v) is 7.25. The highest BCUT2D eigenvalue weighted by Crippen LogP contribution is 2.41. The van der Waals surface area contributed by atoms with E-state index in [1.54, 1.807) is 0 Å². The van der Waals surface area contributed by atoms with Crippen molar-refractivity contribution in [2.75, 3.05) is 0 Å². The molecule has 3 heteroatoms. The van der Waals surface area contributed by atoms with E-state index in [4.69, 9.17) is 11.6 Å². The molecular weight excluding hydrogens is 248 g/mol. The van der Waals surface area contributed by atoms with E-state index in [1.165, 1.54) is 21.2 Å². The Morgan fingerprint density at radius 3 is 2.82 bits per heavy atom. The van der Waals surface area contributed by atoms with Crippen molar-refractivity contribution in [3.8, 4) is 5.75 Å². The van der Waals surface area contributed by atoms with Gasteiger partial charge in [0, 0.05) is 19.6 Å². The van der Waals surface area contributed by atoms with E-state index in [0.29, 0.717) is 5.75 Å². The molecule has 0 amide bonds. The van der Waals surface area contributed by atoms with E-state index >= 15 is 0 Å². The number of hydrogen-bond acceptors (Lipinski definition) is 1. The second-order valence-corrected chi connectivity index (χ2v) is 6.87. The Bertz CT molecular complexity index is 695. The van der Waals surface area contributed by atoms with Crippen molar-refractivity contribution >= 4 is 32.4 Å². The molecule has 0 fully saturated rings. The Balaban J connectivity index is 2.44. The Kier molecular flexibility index (Phi) is 2.22. The molecule has 0 bridgehead atoms. The van der Waals surface area contributed by atoms with Crippen molar-refractivity contribution in [2.45, 2.75) is 13.8 Å². The fourth-order valence-electron chi connectivity index (χ4n) is 2.72. The number of rotatable bonds is 0. The van der Waals surface area contributed by atoms with Crippen LogP contribution in [0.3, 0.4) is 0 Å². The van der Waals surface area contributed by atoms with Gasteiger partial charge >= 0.3 is 0 Å². The van der Waals surface area contributed by atoms with Crippen LogP contribution in [0.15, 0.2) is 34.5 Å². The molecule has 0 aliphatic heterocycles. The zero-order valence-corrected chi connectivity index (χ0v) is 11.7. The van der Waals surface area contributed by atoms with Crippen molar-refractivity contribution in [3.05, 3.63) is 44.5 Å². The molecule has 1 N–H and O–H groups in total. The monoisotopic (exact) mass is 260 g/mol. The molecule has 0 unspecified atom stereocenters. The van der Waals surface area contributed by atoms with Crippen LogP contribution in [0.1, 0.15) is 13.8 Å². The van der Waals surface area contributed by atoms with Gasteiger partial charge in [-0.3, -0.25) is 0 Å². The van der Waals surface area contributed by atoms with Crippen LogP contribution in [-0.2, 0) is 0 Å². The summed E-state index contributed by atoms with van der Waals surface area (Å²) in [4.78, 5) is 1.36. The fraction of sp³-hybridized carbons (Fsp3) is 0.214. The van der Waals surface area contributed by atoms with Crippen molar-refractivity contribution < 1.29 is 5.11 Å². The predicted octanol–water partition coefficient (Wildman–Crippen LogP) is 1.50. The lowest BCUT2D eigenvalue weighted by atomic mass is 9.77. The average Bonchev–Trinajstić information content (AvgIpc) is 2.53. The topological polar surface area (TPSA) is 20.2 Å². The predicted molar refractivity (Wildman–Crippen MR) is 73.8 cm³/mol. The number of allylic oxidation sites excluding steroid dienone is 4. The third kappa shape index (κ3) is 1.63. The molecule has 1 nitrogen and oxygen atoms in total.